The fourth-order valence-corrected chi connectivity index (χ4v) is 3.12. The van der Waals surface area contributed by atoms with Gasteiger partial charge in [0.1, 0.15) is 0 Å². The molecule has 0 saturated heterocycles. The Labute approximate surface area is 117 Å². The van der Waals surface area contributed by atoms with E-state index >= 15 is 0 Å². The molecule has 0 saturated carbocycles. The van der Waals surface area contributed by atoms with Crippen LogP contribution in [-0.2, 0) is 0 Å². The van der Waals surface area contributed by atoms with Crippen molar-refractivity contribution in [3.63, 3.8) is 0 Å². The molecule has 2 aromatic heterocycles. The molecule has 0 spiro atoms. The highest BCUT2D eigenvalue weighted by Gasteiger charge is 2.14. The monoisotopic (exact) mass is 268 g/mol. The normalized spacial score (nSPS) is 12.7. The third kappa shape index (κ3) is 2.53. The van der Waals surface area contributed by atoms with Gasteiger partial charge in [-0.15, -0.1) is 11.3 Å². The number of rotatable bonds is 4. The Morgan fingerprint density at radius 3 is 2.89 bits per heavy atom. The van der Waals surface area contributed by atoms with Crippen LogP contribution in [0.5, 0.6) is 0 Å². The number of nitrogens with zero attached hydrogens (tertiary/aromatic N) is 1. The summed E-state index contributed by atoms with van der Waals surface area (Å²) >= 11 is 1.78. The number of para-hydroxylation sites is 1. The molecular formula is C16H16N2S. The first-order chi connectivity index (χ1) is 9.38. The zero-order valence-electron chi connectivity index (χ0n) is 10.8. The van der Waals surface area contributed by atoms with Gasteiger partial charge in [-0.3, -0.25) is 4.98 Å². The average Bonchev–Trinajstić information content (AvgIpc) is 2.98. The molecule has 3 aromatic rings. The van der Waals surface area contributed by atoms with Crippen molar-refractivity contribution in [3.05, 3.63) is 64.5 Å². The largest absolute Gasteiger partial charge is 0.306 e. The minimum Gasteiger partial charge on any atom is -0.306 e. The molecule has 0 radical (unpaired) electrons. The van der Waals surface area contributed by atoms with Crippen molar-refractivity contribution in [1.29, 1.82) is 0 Å². The van der Waals surface area contributed by atoms with E-state index in [4.69, 9.17) is 0 Å². The molecule has 0 fully saturated rings. The first-order valence-corrected chi connectivity index (χ1v) is 7.38. The van der Waals surface area contributed by atoms with Gasteiger partial charge >= 0.3 is 0 Å². The van der Waals surface area contributed by atoms with Crippen LogP contribution in [0.25, 0.3) is 10.9 Å². The van der Waals surface area contributed by atoms with Crippen molar-refractivity contribution >= 4 is 22.2 Å². The maximum absolute atomic E-state index is 4.56. The molecule has 3 rings (SSSR count). The molecule has 2 heterocycles. The predicted octanol–water partition coefficient (Wildman–Crippen LogP) is 4.00. The maximum Gasteiger partial charge on any atom is 0.0702 e. The van der Waals surface area contributed by atoms with Crippen molar-refractivity contribution in [1.82, 2.24) is 10.3 Å². The Hall–Kier alpha value is -1.71. The molecule has 0 aliphatic carbocycles. The van der Waals surface area contributed by atoms with Gasteiger partial charge in [0.15, 0.2) is 0 Å². The Morgan fingerprint density at radius 1 is 1.21 bits per heavy atom. The first-order valence-electron chi connectivity index (χ1n) is 6.50. The quantitative estimate of drug-likeness (QED) is 0.773. The van der Waals surface area contributed by atoms with Crippen LogP contribution in [0.1, 0.15) is 23.4 Å². The topological polar surface area (TPSA) is 24.9 Å². The van der Waals surface area contributed by atoms with Gasteiger partial charge in [-0.2, -0.15) is 0 Å². The number of pyridine rings is 1. The van der Waals surface area contributed by atoms with Gasteiger partial charge in [-0.05, 0) is 35.7 Å². The second-order valence-corrected chi connectivity index (χ2v) is 5.45. The van der Waals surface area contributed by atoms with Gasteiger partial charge in [0.2, 0.25) is 0 Å². The highest BCUT2D eigenvalue weighted by molar-refractivity contribution is 7.10. The molecular weight excluding hydrogens is 252 g/mol. The van der Waals surface area contributed by atoms with E-state index in [0.29, 0.717) is 0 Å². The molecule has 3 heteroatoms. The highest BCUT2D eigenvalue weighted by atomic mass is 32.1. The highest BCUT2D eigenvalue weighted by Crippen LogP contribution is 2.27. The predicted molar refractivity (Wildman–Crippen MR) is 81.6 cm³/mol. The summed E-state index contributed by atoms with van der Waals surface area (Å²) in [6, 6.07) is 15.0. The minimum atomic E-state index is 0.238. The summed E-state index contributed by atoms with van der Waals surface area (Å²) in [4.78, 5) is 5.89. The van der Waals surface area contributed by atoms with Gasteiger partial charge in [0.05, 0.1) is 11.6 Å². The molecule has 1 atom stereocenters. The van der Waals surface area contributed by atoms with E-state index in [2.05, 4.69) is 52.9 Å². The summed E-state index contributed by atoms with van der Waals surface area (Å²) in [5, 5.41) is 6.85. The van der Waals surface area contributed by atoms with E-state index in [9.17, 15) is 0 Å². The minimum absolute atomic E-state index is 0.238. The lowest BCUT2D eigenvalue weighted by Gasteiger charge is -2.17. The van der Waals surface area contributed by atoms with Gasteiger partial charge in [0.25, 0.3) is 0 Å². The second kappa shape index (κ2) is 5.51. The molecule has 0 aliphatic rings. The van der Waals surface area contributed by atoms with Crippen LogP contribution in [-0.4, -0.2) is 11.5 Å². The van der Waals surface area contributed by atoms with Crippen molar-refractivity contribution in [2.75, 3.05) is 6.54 Å². The van der Waals surface area contributed by atoms with E-state index in [1.54, 1.807) is 11.3 Å². The summed E-state index contributed by atoms with van der Waals surface area (Å²) in [5.74, 6) is 0. The van der Waals surface area contributed by atoms with Crippen LogP contribution in [0.2, 0.25) is 0 Å². The number of fused-ring (bicyclic) bond motifs is 1. The van der Waals surface area contributed by atoms with Crippen LogP contribution in [0, 0.1) is 0 Å². The lowest BCUT2D eigenvalue weighted by atomic mass is 10.1. The molecule has 96 valence electrons. The Bertz CT molecular complexity index is 661. The van der Waals surface area contributed by atoms with Gasteiger partial charge in [-0.25, -0.2) is 0 Å². The first kappa shape index (κ1) is 12.3. The Morgan fingerprint density at radius 2 is 2.11 bits per heavy atom. The molecule has 2 nitrogen and oxygen atoms in total. The molecule has 1 aromatic carbocycles. The van der Waals surface area contributed by atoms with Crippen LogP contribution in [0.4, 0.5) is 0 Å². The molecule has 19 heavy (non-hydrogen) atoms. The number of hydrogen-bond acceptors (Lipinski definition) is 3. The lowest BCUT2D eigenvalue weighted by molar-refractivity contribution is 0.638. The van der Waals surface area contributed by atoms with Crippen LogP contribution < -0.4 is 5.32 Å². The maximum atomic E-state index is 4.56. The lowest BCUT2D eigenvalue weighted by Crippen LogP contribution is -2.21. The Balaban J connectivity index is 2.05. The van der Waals surface area contributed by atoms with E-state index < -0.39 is 0 Å². The number of aromatic nitrogens is 1. The van der Waals surface area contributed by atoms with Gasteiger partial charge in [-0.1, -0.05) is 31.2 Å². The third-order valence-corrected chi connectivity index (χ3v) is 4.12. The van der Waals surface area contributed by atoms with E-state index in [-0.39, 0.29) is 6.04 Å². The number of hydrogen-bond donors (Lipinski definition) is 1. The summed E-state index contributed by atoms with van der Waals surface area (Å²) in [7, 11) is 0. The number of nitrogens with one attached hydrogen (secondary N) is 1. The molecule has 0 aliphatic heterocycles. The summed E-state index contributed by atoms with van der Waals surface area (Å²) in [6.45, 7) is 3.07. The van der Waals surface area contributed by atoms with Gasteiger partial charge in [0, 0.05) is 16.5 Å². The molecule has 0 amide bonds. The molecule has 1 unspecified atom stereocenters. The van der Waals surface area contributed by atoms with E-state index in [1.165, 1.54) is 15.8 Å². The number of thiophene rings is 1. The van der Waals surface area contributed by atoms with Crippen molar-refractivity contribution in [2.24, 2.45) is 0 Å². The van der Waals surface area contributed by atoms with Gasteiger partial charge < -0.3 is 5.32 Å². The fourth-order valence-electron chi connectivity index (χ4n) is 2.29. The van der Waals surface area contributed by atoms with Crippen LogP contribution in [0.15, 0.2) is 54.0 Å². The van der Waals surface area contributed by atoms with Crippen molar-refractivity contribution in [3.8, 4) is 0 Å². The van der Waals surface area contributed by atoms with Crippen molar-refractivity contribution in [2.45, 2.75) is 13.0 Å². The standard InChI is InChI=1S/C16H16N2S/c1-2-17-16(15-8-5-9-19-15)13-10-12-6-3-4-7-14(12)18-11-13/h3-11,16-17H,2H2,1H3. The average molecular weight is 268 g/mol. The second-order valence-electron chi connectivity index (χ2n) is 4.47. The fraction of sp³-hybridized carbons (Fsp3) is 0.188. The molecule has 0 bridgehead atoms. The SMILES string of the molecule is CCNC(c1cnc2ccccc2c1)c1cccs1. The van der Waals surface area contributed by atoms with Crippen molar-refractivity contribution < 1.29 is 0 Å². The smallest absolute Gasteiger partial charge is 0.0702 e. The van der Waals surface area contributed by atoms with Crippen LogP contribution >= 0.6 is 11.3 Å². The number of benzene rings is 1. The van der Waals surface area contributed by atoms with E-state index in [0.717, 1.165) is 12.1 Å². The Kier molecular flexibility index (Phi) is 3.58. The van der Waals surface area contributed by atoms with E-state index in [1.807, 2.05) is 18.3 Å². The van der Waals surface area contributed by atoms with Crippen LogP contribution in [0.3, 0.4) is 0 Å². The zero-order valence-corrected chi connectivity index (χ0v) is 11.7. The zero-order chi connectivity index (χ0) is 13.1. The summed E-state index contributed by atoms with van der Waals surface area (Å²) < 4.78 is 0. The molecule has 1 N–H and O–H groups in total. The third-order valence-electron chi connectivity index (χ3n) is 3.18. The summed E-state index contributed by atoms with van der Waals surface area (Å²) in [5.41, 5.74) is 2.27. The summed E-state index contributed by atoms with van der Waals surface area (Å²) in [6.07, 6.45) is 1.98.